The molecule has 0 saturated carbocycles. The Morgan fingerprint density at radius 2 is 1.83 bits per heavy atom. The number of nitrogens with zero attached hydrogens (tertiary/aromatic N) is 2. The van der Waals surface area contributed by atoms with Crippen LogP contribution in [-0.2, 0) is 0 Å². The zero-order valence-electron chi connectivity index (χ0n) is 9.24. The van der Waals surface area contributed by atoms with E-state index >= 15 is 0 Å². The average molecular weight is 240 g/mol. The lowest BCUT2D eigenvalue weighted by Gasteiger charge is -2.03. The molecule has 88 valence electrons. The first kappa shape index (κ1) is 10.5. The van der Waals surface area contributed by atoms with E-state index in [9.17, 15) is 10.1 Å². The SMILES string of the molecule is O=[N+]([O-])c1cccc2c(-c3ccno3)cccc12. The summed E-state index contributed by atoms with van der Waals surface area (Å²) >= 11 is 0. The highest BCUT2D eigenvalue weighted by atomic mass is 16.6. The highest BCUT2D eigenvalue weighted by Crippen LogP contribution is 2.32. The zero-order valence-corrected chi connectivity index (χ0v) is 9.24. The second-order valence-electron chi connectivity index (χ2n) is 3.81. The van der Waals surface area contributed by atoms with Crippen LogP contribution in [0, 0.1) is 10.1 Å². The number of hydrogen-bond donors (Lipinski definition) is 0. The number of nitro groups is 1. The Balaban J connectivity index is 2.36. The van der Waals surface area contributed by atoms with Crippen LogP contribution in [0.1, 0.15) is 0 Å². The van der Waals surface area contributed by atoms with Gasteiger partial charge in [-0.3, -0.25) is 10.1 Å². The van der Waals surface area contributed by atoms with Crippen molar-refractivity contribution in [1.29, 1.82) is 0 Å². The Bertz CT molecular complexity index is 720. The first-order valence-electron chi connectivity index (χ1n) is 5.34. The molecular weight excluding hydrogens is 232 g/mol. The minimum absolute atomic E-state index is 0.0915. The maximum atomic E-state index is 11.0. The molecule has 0 amide bonds. The average Bonchev–Trinajstić information content (AvgIpc) is 2.91. The lowest BCUT2D eigenvalue weighted by Crippen LogP contribution is -1.90. The molecule has 0 radical (unpaired) electrons. The summed E-state index contributed by atoms with van der Waals surface area (Å²) < 4.78 is 5.11. The molecule has 0 aliphatic rings. The number of rotatable bonds is 2. The molecule has 5 nitrogen and oxygen atoms in total. The van der Waals surface area contributed by atoms with Crippen molar-refractivity contribution in [2.24, 2.45) is 0 Å². The Hall–Kier alpha value is -2.69. The summed E-state index contributed by atoms with van der Waals surface area (Å²) in [7, 11) is 0. The fourth-order valence-corrected chi connectivity index (χ4v) is 2.02. The monoisotopic (exact) mass is 240 g/mol. The standard InChI is InChI=1S/C13H8N2O3/c16-15(17)12-6-2-3-9-10(12)4-1-5-11(9)13-7-8-14-18-13/h1-8H. The molecule has 0 unspecified atom stereocenters. The molecule has 5 heteroatoms. The van der Waals surface area contributed by atoms with Gasteiger partial charge in [0.15, 0.2) is 5.76 Å². The third-order valence-corrected chi connectivity index (χ3v) is 2.80. The van der Waals surface area contributed by atoms with Crippen molar-refractivity contribution >= 4 is 16.5 Å². The molecule has 0 N–H and O–H groups in total. The molecule has 0 saturated heterocycles. The molecule has 3 aromatic rings. The van der Waals surface area contributed by atoms with Gasteiger partial charge in [0.05, 0.1) is 16.5 Å². The van der Waals surface area contributed by atoms with E-state index in [1.807, 2.05) is 12.1 Å². The first-order chi connectivity index (χ1) is 8.77. The summed E-state index contributed by atoms with van der Waals surface area (Å²) in [5, 5.41) is 16.0. The number of aromatic nitrogens is 1. The van der Waals surface area contributed by atoms with Crippen LogP contribution in [0.3, 0.4) is 0 Å². The number of hydrogen-bond acceptors (Lipinski definition) is 4. The second-order valence-corrected chi connectivity index (χ2v) is 3.81. The van der Waals surface area contributed by atoms with Crippen molar-refractivity contribution in [3.63, 3.8) is 0 Å². The topological polar surface area (TPSA) is 69.2 Å². The number of benzene rings is 2. The van der Waals surface area contributed by atoms with Crippen molar-refractivity contribution in [2.75, 3.05) is 0 Å². The third-order valence-electron chi connectivity index (χ3n) is 2.80. The molecule has 18 heavy (non-hydrogen) atoms. The minimum atomic E-state index is -0.382. The van der Waals surface area contributed by atoms with Crippen LogP contribution in [-0.4, -0.2) is 10.1 Å². The second kappa shape index (κ2) is 3.96. The molecule has 3 rings (SSSR count). The summed E-state index contributed by atoms with van der Waals surface area (Å²) in [4.78, 5) is 10.6. The van der Waals surface area contributed by atoms with Crippen LogP contribution in [0.15, 0.2) is 53.2 Å². The van der Waals surface area contributed by atoms with Gasteiger partial charge in [-0.25, -0.2) is 0 Å². The molecule has 1 heterocycles. The van der Waals surface area contributed by atoms with Gasteiger partial charge < -0.3 is 4.52 Å². The fraction of sp³-hybridized carbons (Fsp3) is 0. The predicted molar refractivity (Wildman–Crippen MR) is 66.1 cm³/mol. The van der Waals surface area contributed by atoms with E-state index in [1.54, 1.807) is 30.5 Å². The van der Waals surface area contributed by atoms with Crippen molar-refractivity contribution in [1.82, 2.24) is 5.16 Å². The van der Waals surface area contributed by atoms with Gasteiger partial charge in [0.2, 0.25) is 0 Å². The van der Waals surface area contributed by atoms with Crippen molar-refractivity contribution in [3.05, 3.63) is 58.8 Å². The smallest absolute Gasteiger partial charge is 0.277 e. The van der Waals surface area contributed by atoms with E-state index in [-0.39, 0.29) is 10.6 Å². The third kappa shape index (κ3) is 1.53. The van der Waals surface area contributed by atoms with Crippen molar-refractivity contribution in [3.8, 4) is 11.3 Å². The number of nitro benzene ring substituents is 1. The van der Waals surface area contributed by atoms with E-state index in [4.69, 9.17) is 4.52 Å². The maximum Gasteiger partial charge on any atom is 0.277 e. The van der Waals surface area contributed by atoms with Crippen LogP contribution in [0.4, 0.5) is 5.69 Å². The Labute approximate surface area is 102 Å². The molecule has 2 aromatic carbocycles. The molecule has 0 fully saturated rings. The van der Waals surface area contributed by atoms with E-state index in [1.165, 1.54) is 6.07 Å². The van der Waals surface area contributed by atoms with Gasteiger partial charge in [-0.2, -0.15) is 0 Å². The van der Waals surface area contributed by atoms with Crippen molar-refractivity contribution < 1.29 is 9.45 Å². The molecular formula is C13H8N2O3. The largest absolute Gasteiger partial charge is 0.356 e. The minimum Gasteiger partial charge on any atom is -0.356 e. The van der Waals surface area contributed by atoms with Gasteiger partial charge in [-0.05, 0) is 11.5 Å². The normalized spacial score (nSPS) is 10.7. The zero-order chi connectivity index (χ0) is 12.5. The summed E-state index contributed by atoms with van der Waals surface area (Å²) in [6, 6.07) is 12.1. The van der Waals surface area contributed by atoms with Crippen LogP contribution in [0.5, 0.6) is 0 Å². The van der Waals surface area contributed by atoms with Gasteiger partial charge in [-0.1, -0.05) is 29.4 Å². The van der Waals surface area contributed by atoms with E-state index in [0.29, 0.717) is 11.1 Å². The molecule has 1 aromatic heterocycles. The van der Waals surface area contributed by atoms with Crippen LogP contribution >= 0.6 is 0 Å². The highest BCUT2D eigenvalue weighted by molar-refractivity contribution is 6.00. The van der Waals surface area contributed by atoms with E-state index in [2.05, 4.69) is 5.16 Å². The Kier molecular flexibility index (Phi) is 2.30. The molecule has 0 atom stereocenters. The lowest BCUT2D eigenvalue weighted by atomic mass is 10.0. The van der Waals surface area contributed by atoms with Gasteiger partial charge in [-0.15, -0.1) is 0 Å². The van der Waals surface area contributed by atoms with Gasteiger partial charge in [0.25, 0.3) is 5.69 Å². The summed E-state index contributed by atoms with van der Waals surface area (Å²) in [5.41, 5.74) is 0.891. The van der Waals surface area contributed by atoms with E-state index < -0.39 is 0 Å². The van der Waals surface area contributed by atoms with Crippen LogP contribution in [0.2, 0.25) is 0 Å². The van der Waals surface area contributed by atoms with Gasteiger partial charge in [0.1, 0.15) is 0 Å². The fourth-order valence-electron chi connectivity index (χ4n) is 2.02. The van der Waals surface area contributed by atoms with Gasteiger partial charge >= 0.3 is 0 Å². The first-order valence-corrected chi connectivity index (χ1v) is 5.34. The molecule has 0 aliphatic carbocycles. The quantitative estimate of drug-likeness (QED) is 0.508. The molecule has 0 aliphatic heterocycles. The summed E-state index contributed by atoms with van der Waals surface area (Å²) in [6.07, 6.45) is 1.55. The number of fused-ring (bicyclic) bond motifs is 1. The van der Waals surface area contributed by atoms with Crippen LogP contribution < -0.4 is 0 Å². The molecule has 0 spiro atoms. The van der Waals surface area contributed by atoms with Crippen molar-refractivity contribution in [2.45, 2.75) is 0 Å². The van der Waals surface area contributed by atoms with E-state index in [0.717, 1.165) is 10.9 Å². The predicted octanol–water partition coefficient (Wildman–Crippen LogP) is 3.40. The Morgan fingerprint density at radius 1 is 1.06 bits per heavy atom. The lowest BCUT2D eigenvalue weighted by molar-refractivity contribution is -0.383. The Morgan fingerprint density at radius 3 is 2.56 bits per heavy atom. The van der Waals surface area contributed by atoms with Crippen LogP contribution in [0.25, 0.3) is 22.1 Å². The summed E-state index contributed by atoms with van der Waals surface area (Å²) in [6.45, 7) is 0. The highest BCUT2D eigenvalue weighted by Gasteiger charge is 2.14. The summed E-state index contributed by atoms with van der Waals surface area (Å²) in [5.74, 6) is 0.598. The van der Waals surface area contributed by atoms with Gasteiger partial charge in [0, 0.05) is 17.7 Å². The number of non-ortho nitro benzene ring substituents is 1. The maximum absolute atomic E-state index is 11.0. The molecule has 0 bridgehead atoms.